The van der Waals surface area contributed by atoms with Crippen LogP contribution >= 0.6 is 0 Å². The van der Waals surface area contributed by atoms with Crippen molar-refractivity contribution in [1.82, 2.24) is 19.1 Å². The van der Waals surface area contributed by atoms with E-state index in [9.17, 15) is 8.42 Å². The highest BCUT2D eigenvalue weighted by Crippen LogP contribution is 2.27. The Bertz CT molecular complexity index is 969. The lowest BCUT2D eigenvalue weighted by Gasteiger charge is -2.25. The maximum atomic E-state index is 12.9. The molecule has 0 spiro atoms. The maximum absolute atomic E-state index is 12.9. The molecule has 1 aromatic heterocycles. The van der Waals surface area contributed by atoms with E-state index >= 15 is 0 Å². The van der Waals surface area contributed by atoms with Crippen LogP contribution in [0.15, 0.2) is 66.1 Å². The van der Waals surface area contributed by atoms with E-state index in [1.807, 2.05) is 38.1 Å². The molecule has 0 aliphatic heterocycles. The highest BCUT2D eigenvalue weighted by Gasteiger charge is 2.26. The summed E-state index contributed by atoms with van der Waals surface area (Å²) in [5.74, 6) is 0.649. The molecule has 0 saturated carbocycles. The molecule has 0 aliphatic rings. The van der Waals surface area contributed by atoms with Crippen LogP contribution < -0.4 is 4.74 Å². The lowest BCUT2D eigenvalue weighted by Crippen LogP contribution is -2.29. The number of benzene rings is 2. The largest absolute Gasteiger partial charge is 0.494 e. The Labute approximate surface area is 159 Å². The van der Waals surface area contributed by atoms with Gasteiger partial charge in [-0.25, -0.2) is 18.1 Å². The smallest absolute Gasteiger partial charge is 0.243 e. The van der Waals surface area contributed by atoms with Crippen LogP contribution in [0.1, 0.15) is 25.5 Å². The molecule has 0 bridgehead atoms. The summed E-state index contributed by atoms with van der Waals surface area (Å²) >= 11 is 0. The fourth-order valence-corrected chi connectivity index (χ4v) is 4.06. The Morgan fingerprint density at radius 3 is 2.33 bits per heavy atom. The third-order valence-electron chi connectivity index (χ3n) is 4.42. The molecular weight excluding hydrogens is 364 g/mol. The predicted molar refractivity (Wildman–Crippen MR) is 102 cm³/mol. The standard InChI is InChI=1S/C19H22N4O3S/c1-4-26-18-9-11-19(12-10-18)27(24,25)22(3)15(2)16-5-7-17(8-6-16)23-14-20-13-21-23/h5-15H,4H2,1-3H3/t15-/m1/s1. The van der Waals surface area contributed by atoms with Crippen molar-refractivity contribution in [3.05, 3.63) is 66.7 Å². The molecule has 27 heavy (non-hydrogen) atoms. The zero-order valence-electron chi connectivity index (χ0n) is 15.5. The van der Waals surface area contributed by atoms with Crippen LogP contribution in [-0.4, -0.2) is 41.1 Å². The van der Waals surface area contributed by atoms with E-state index in [1.165, 1.54) is 10.6 Å². The predicted octanol–water partition coefficient (Wildman–Crippen LogP) is 3.05. The van der Waals surface area contributed by atoms with E-state index in [0.29, 0.717) is 12.4 Å². The zero-order chi connectivity index (χ0) is 19.4. The van der Waals surface area contributed by atoms with Gasteiger partial charge in [-0.15, -0.1) is 0 Å². The van der Waals surface area contributed by atoms with Gasteiger partial charge >= 0.3 is 0 Å². The van der Waals surface area contributed by atoms with E-state index in [2.05, 4.69) is 10.1 Å². The van der Waals surface area contributed by atoms with Gasteiger partial charge in [0.15, 0.2) is 0 Å². The summed E-state index contributed by atoms with van der Waals surface area (Å²) in [6.07, 6.45) is 3.08. The van der Waals surface area contributed by atoms with Crippen LogP contribution in [0.4, 0.5) is 0 Å². The van der Waals surface area contributed by atoms with Crippen LogP contribution in [0.25, 0.3) is 5.69 Å². The first-order valence-corrected chi connectivity index (χ1v) is 10.0. The molecule has 7 nitrogen and oxygen atoms in total. The van der Waals surface area contributed by atoms with Gasteiger partial charge in [0.2, 0.25) is 10.0 Å². The lowest BCUT2D eigenvalue weighted by molar-refractivity contribution is 0.340. The maximum Gasteiger partial charge on any atom is 0.243 e. The van der Waals surface area contributed by atoms with Crippen LogP contribution in [-0.2, 0) is 10.0 Å². The second-order valence-electron chi connectivity index (χ2n) is 6.03. The lowest BCUT2D eigenvalue weighted by atomic mass is 10.1. The highest BCUT2D eigenvalue weighted by molar-refractivity contribution is 7.89. The second-order valence-corrected chi connectivity index (χ2v) is 8.03. The van der Waals surface area contributed by atoms with Gasteiger partial charge in [0.1, 0.15) is 18.4 Å². The molecule has 0 radical (unpaired) electrons. The van der Waals surface area contributed by atoms with E-state index in [1.54, 1.807) is 42.3 Å². The average Bonchev–Trinajstić information content (AvgIpc) is 3.22. The number of aromatic nitrogens is 3. The Hall–Kier alpha value is -2.71. The van der Waals surface area contributed by atoms with E-state index in [0.717, 1.165) is 11.3 Å². The second kappa shape index (κ2) is 7.89. The molecule has 0 unspecified atom stereocenters. The Morgan fingerprint density at radius 2 is 1.78 bits per heavy atom. The molecular formula is C19H22N4O3S. The van der Waals surface area contributed by atoms with Gasteiger partial charge in [-0.1, -0.05) is 12.1 Å². The van der Waals surface area contributed by atoms with Gasteiger partial charge < -0.3 is 4.74 Å². The van der Waals surface area contributed by atoms with E-state index in [4.69, 9.17) is 4.74 Å². The van der Waals surface area contributed by atoms with Gasteiger partial charge in [-0.3, -0.25) is 0 Å². The summed E-state index contributed by atoms with van der Waals surface area (Å²) in [6.45, 7) is 4.28. The number of ether oxygens (including phenoxy) is 1. The number of rotatable bonds is 7. The fourth-order valence-electron chi connectivity index (χ4n) is 2.71. The SMILES string of the molecule is CCOc1ccc(S(=O)(=O)N(C)[C@H](C)c2ccc(-n3cncn3)cc2)cc1. The monoisotopic (exact) mass is 386 g/mol. The molecule has 3 rings (SSSR count). The van der Waals surface area contributed by atoms with Crippen molar-refractivity contribution in [3.8, 4) is 11.4 Å². The van der Waals surface area contributed by atoms with E-state index < -0.39 is 10.0 Å². The first kappa shape index (κ1) is 19.1. The average molecular weight is 386 g/mol. The molecule has 0 fully saturated rings. The first-order chi connectivity index (χ1) is 12.9. The molecule has 3 aromatic rings. The van der Waals surface area contributed by atoms with Crippen LogP contribution in [0.2, 0.25) is 0 Å². The Kier molecular flexibility index (Phi) is 5.57. The van der Waals surface area contributed by atoms with Gasteiger partial charge in [-0.05, 0) is 55.8 Å². The molecule has 2 aromatic carbocycles. The summed E-state index contributed by atoms with van der Waals surface area (Å²) in [7, 11) is -2.04. The summed E-state index contributed by atoms with van der Waals surface area (Å²) in [5, 5.41) is 4.08. The van der Waals surface area contributed by atoms with Crippen molar-refractivity contribution in [2.24, 2.45) is 0 Å². The highest BCUT2D eigenvalue weighted by atomic mass is 32.2. The van der Waals surface area contributed by atoms with Crippen molar-refractivity contribution in [2.75, 3.05) is 13.7 Å². The first-order valence-electron chi connectivity index (χ1n) is 8.59. The molecule has 0 saturated heterocycles. The van der Waals surface area contributed by atoms with Gasteiger partial charge in [0.25, 0.3) is 0 Å². The summed E-state index contributed by atoms with van der Waals surface area (Å²) in [4.78, 5) is 4.16. The normalized spacial score (nSPS) is 12.9. The fraction of sp³-hybridized carbons (Fsp3) is 0.263. The van der Waals surface area contributed by atoms with Crippen LogP contribution in [0, 0.1) is 0 Å². The van der Waals surface area contributed by atoms with Crippen molar-refractivity contribution in [2.45, 2.75) is 24.8 Å². The molecule has 142 valence electrons. The van der Waals surface area contributed by atoms with Crippen molar-refractivity contribution in [1.29, 1.82) is 0 Å². The quantitative estimate of drug-likeness (QED) is 0.624. The van der Waals surface area contributed by atoms with Gasteiger partial charge in [0.05, 0.1) is 17.2 Å². The molecule has 1 atom stereocenters. The van der Waals surface area contributed by atoms with E-state index in [-0.39, 0.29) is 10.9 Å². The number of nitrogens with zero attached hydrogens (tertiary/aromatic N) is 4. The minimum atomic E-state index is -3.62. The third-order valence-corrected chi connectivity index (χ3v) is 6.36. The van der Waals surface area contributed by atoms with Gasteiger partial charge in [0, 0.05) is 13.1 Å². The Balaban J connectivity index is 1.80. The van der Waals surface area contributed by atoms with Crippen LogP contribution in [0.5, 0.6) is 5.75 Å². The number of hydrogen-bond acceptors (Lipinski definition) is 5. The number of hydrogen-bond donors (Lipinski definition) is 0. The minimum absolute atomic E-state index is 0.236. The van der Waals surface area contributed by atoms with Gasteiger partial charge in [-0.2, -0.15) is 9.40 Å². The molecule has 1 heterocycles. The van der Waals surface area contributed by atoms with Crippen molar-refractivity contribution in [3.63, 3.8) is 0 Å². The van der Waals surface area contributed by atoms with Crippen molar-refractivity contribution >= 4 is 10.0 Å². The number of sulfonamides is 1. The summed E-state index contributed by atoms with van der Waals surface area (Å²) in [6, 6.07) is 13.7. The zero-order valence-corrected chi connectivity index (χ0v) is 16.3. The minimum Gasteiger partial charge on any atom is -0.494 e. The molecule has 8 heteroatoms. The molecule has 0 aliphatic carbocycles. The summed E-state index contributed by atoms with van der Waals surface area (Å²) < 4.78 is 34.3. The topological polar surface area (TPSA) is 77.3 Å². The van der Waals surface area contributed by atoms with Crippen LogP contribution in [0.3, 0.4) is 0 Å². The molecule has 0 N–H and O–H groups in total. The Morgan fingerprint density at radius 1 is 1.11 bits per heavy atom. The molecule has 0 amide bonds. The third kappa shape index (κ3) is 4.01. The van der Waals surface area contributed by atoms with Crippen molar-refractivity contribution < 1.29 is 13.2 Å². The summed E-state index contributed by atoms with van der Waals surface area (Å²) in [5.41, 5.74) is 1.75.